The number of aromatic nitrogens is 2. The van der Waals surface area contributed by atoms with Crippen molar-refractivity contribution in [2.24, 2.45) is 5.73 Å². The minimum absolute atomic E-state index is 0.300. The van der Waals surface area contributed by atoms with Crippen LogP contribution in [0, 0.1) is 0 Å². The zero-order chi connectivity index (χ0) is 13.9. The van der Waals surface area contributed by atoms with Gasteiger partial charge in [0.05, 0.1) is 10.7 Å². The Morgan fingerprint density at radius 1 is 1.30 bits per heavy atom. The Hall–Kier alpha value is -1.52. The van der Waals surface area contributed by atoms with E-state index in [1.807, 2.05) is 30.5 Å². The van der Waals surface area contributed by atoms with E-state index in [0.29, 0.717) is 17.1 Å². The number of halogens is 1. The zero-order valence-corrected chi connectivity index (χ0v) is 12.1. The highest BCUT2D eigenvalue weighted by molar-refractivity contribution is 6.33. The van der Waals surface area contributed by atoms with Crippen LogP contribution in [0.2, 0.25) is 5.02 Å². The van der Waals surface area contributed by atoms with Crippen LogP contribution in [0.1, 0.15) is 25.7 Å². The summed E-state index contributed by atoms with van der Waals surface area (Å²) < 4.78 is 1.80. The van der Waals surface area contributed by atoms with Crippen molar-refractivity contribution >= 4 is 17.3 Å². The van der Waals surface area contributed by atoms with Gasteiger partial charge < -0.3 is 11.1 Å². The van der Waals surface area contributed by atoms with Gasteiger partial charge in [-0.05, 0) is 43.9 Å². The van der Waals surface area contributed by atoms with Crippen molar-refractivity contribution in [3.63, 3.8) is 0 Å². The van der Waals surface area contributed by atoms with Gasteiger partial charge in [-0.1, -0.05) is 17.7 Å². The summed E-state index contributed by atoms with van der Waals surface area (Å²) in [6.07, 6.45) is 8.11. The number of nitrogens with two attached hydrogens (primary N) is 1. The molecule has 0 spiro atoms. The maximum absolute atomic E-state index is 6.34. The Morgan fingerprint density at radius 3 is 2.95 bits per heavy atom. The lowest BCUT2D eigenvalue weighted by molar-refractivity contribution is 0.409. The fraction of sp³-hybridized carbons (Fsp3) is 0.400. The second kappa shape index (κ2) is 5.85. The van der Waals surface area contributed by atoms with Gasteiger partial charge in [0.15, 0.2) is 0 Å². The monoisotopic (exact) mass is 290 g/mol. The molecule has 3 N–H and O–H groups in total. The molecule has 4 nitrogen and oxygen atoms in total. The predicted octanol–water partition coefficient (Wildman–Crippen LogP) is 3.21. The predicted molar refractivity (Wildman–Crippen MR) is 82.4 cm³/mol. The lowest BCUT2D eigenvalue weighted by atomic mass is 9.91. The Balaban J connectivity index is 1.88. The molecule has 0 aliphatic heterocycles. The number of nitrogens with one attached hydrogen (secondary N) is 1. The number of nitrogens with zero attached hydrogens (tertiary/aromatic N) is 2. The van der Waals surface area contributed by atoms with Gasteiger partial charge in [0.25, 0.3) is 0 Å². The Labute approximate surface area is 123 Å². The molecule has 1 fully saturated rings. The molecule has 0 radical (unpaired) electrons. The first-order chi connectivity index (χ1) is 9.74. The van der Waals surface area contributed by atoms with Crippen LogP contribution in [0.25, 0.3) is 5.69 Å². The molecule has 2 atom stereocenters. The summed E-state index contributed by atoms with van der Waals surface area (Å²) in [4.78, 5) is 0. The summed E-state index contributed by atoms with van der Waals surface area (Å²) in [5, 5.41) is 8.56. The van der Waals surface area contributed by atoms with Gasteiger partial charge in [-0.2, -0.15) is 5.10 Å². The molecular weight excluding hydrogens is 272 g/mol. The van der Waals surface area contributed by atoms with Crippen molar-refractivity contribution in [3.8, 4) is 5.69 Å². The molecule has 1 aliphatic rings. The SMILES string of the molecule is NC1CCCC(Nc2cccc(Cl)c2-n2cccn2)C1. The van der Waals surface area contributed by atoms with Crippen molar-refractivity contribution in [1.29, 1.82) is 0 Å². The lowest BCUT2D eigenvalue weighted by Crippen LogP contribution is -2.35. The number of hydrogen-bond donors (Lipinski definition) is 2. The third-order valence-electron chi connectivity index (χ3n) is 3.79. The molecule has 2 unspecified atom stereocenters. The molecule has 3 rings (SSSR count). The molecule has 5 heteroatoms. The van der Waals surface area contributed by atoms with Crippen LogP contribution in [0.15, 0.2) is 36.7 Å². The second-order valence-corrected chi connectivity index (χ2v) is 5.76. The van der Waals surface area contributed by atoms with Crippen molar-refractivity contribution < 1.29 is 0 Å². The molecule has 0 bridgehead atoms. The van der Waals surface area contributed by atoms with Crippen molar-refractivity contribution in [2.75, 3.05) is 5.32 Å². The second-order valence-electron chi connectivity index (χ2n) is 5.35. The number of rotatable bonds is 3. The van der Waals surface area contributed by atoms with E-state index >= 15 is 0 Å². The average molecular weight is 291 g/mol. The third-order valence-corrected chi connectivity index (χ3v) is 4.10. The van der Waals surface area contributed by atoms with Crippen LogP contribution in [0.3, 0.4) is 0 Å². The molecule has 1 saturated carbocycles. The smallest absolute Gasteiger partial charge is 0.106 e. The van der Waals surface area contributed by atoms with Crippen LogP contribution >= 0.6 is 11.6 Å². The highest BCUT2D eigenvalue weighted by Gasteiger charge is 2.20. The summed E-state index contributed by atoms with van der Waals surface area (Å²) in [7, 11) is 0. The summed E-state index contributed by atoms with van der Waals surface area (Å²) in [6.45, 7) is 0. The van der Waals surface area contributed by atoms with Crippen LogP contribution in [-0.2, 0) is 0 Å². The van der Waals surface area contributed by atoms with Crippen molar-refractivity contribution in [3.05, 3.63) is 41.7 Å². The molecule has 0 saturated heterocycles. The van der Waals surface area contributed by atoms with Crippen LogP contribution in [-0.4, -0.2) is 21.9 Å². The van der Waals surface area contributed by atoms with Gasteiger partial charge in [-0.3, -0.25) is 0 Å². The van der Waals surface area contributed by atoms with E-state index in [9.17, 15) is 0 Å². The molecule has 0 amide bonds. The first-order valence-corrected chi connectivity index (χ1v) is 7.42. The Kier molecular flexibility index (Phi) is 3.94. The number of benzene rings is 1. The largest absolute Gasteiger partial charge is 0.380 e. The Morgan fingerprint density at radius 2 is 2.20 bits per heavy atom. The number of para-hydroxylation sites is 1. The number of anilines is 1. The molecule has 106 valence electrons. The molecule has 2 aromatic rings. The van der Waals surface area contributed by atoms with E-state index in [1.54, 1.807) is 10.9 Å². The highest BCUT2D eigenvalue weighted by Crippen LogP contribution is 2.30. The van der Waals surface area contributed by atoms with Gasteiger partial charge in [-0.25, -0.2) is 4.68 Å². The van der Waals surface area contributed by atoms with Crippen LogP contribution < -0.4 is 11.1 Å². The fourth-order valence-corrected chi connectivity index (χ4v) is 3.11. The fourth-order valence-electron chi connectivity index (χ4n) is 2.84. The summed E-state index contributed by atoms with van der Waals surface area (Å²) in [5.41, 5.74) is 7.97. The highest BCUT2D eigenvalue weighted by atomic mass is 35.5. The molecule has 1 heterocycles. The standard InChI is InChI=1S/C15H19ClN4/c16-13-6-2-7-14(15(13)20-9-3-8-18-20)19-12-5-1-4-11(17)10-12/h2-3,6-9,11-12,19H,1,4-5,10,17H2. The molecule has 1 aromatic carbocycles. The summed E-state index contributed by atoms with van der Waals surface area (Å²) in [5.74, 6) is 0. The van der Waals surface area contributed by atoms with Crippen molar-refractivity contribution in [2.45, 2.75) is 37.8 Å². The number of hydrogen-bond acceptors (Lipinski definition) is 3. The molecule has 20 heavy (non-hydrogen) atoms. The normalized spacial score (nSPS) is 22.7. The van der Waals surface area contributed by atoms with Gasteiger partial charge in [-0.15, -0.1) is 0 Å². The van der Waals surface area contributed by atoms with E-state index in [0.717, 1.165) is 30.6 Å². The first-order valence-electron chi connectivity index (χ1n) is 7.04. The van der Waals surface area contributed by atoms with Crippen molar-refractivity contribution in [1.82, 2.24) is 9.78 Å². The van der Waals surface area contributed by atoms with Gasteiger partial charge in [0.1, 0.15) is 5.69 Å². The summed E-state index contributed by atoms with van der Waals surface area (Å²) in [6, 6.07) is 8.49. The van der Waals surface area contributed by atoms with Crippen LogP contribution in [0.5, 0.6) is 0 Å². The average Bonchev–Trinajstić information content (AvgIpc) is 2.92. The minimum atomic E-state index is 0.300. The molecular formula is C15H19ClN4. The molecule has 1 aromatic heterocycles. The van der Waals surface area contributed by atoms with E-state index in [4.69, 9.17) is 17.3 Å². The Bertz CT molecular complexity index is 567. The summed E-state index contributed by atoms with van der Waals surface area (Å²) >= 11 is 6.34. The minimum Gasteiger partial charge on any atom is -0.380 e. The lowest BCUT2D eigenvalue weighted by Gasteiger charge is -2.29. The maximum atomic E-state index is 6.34. The molecule has 1 aliphatic carbocycles. The van der Waals surface area contributed by atoms with Gasteiger partial charge in [0.2, 0.25) is 0 Å². The van der Waals surface area contributed by atoms with E-state index in [-0.39, 0.29) is 0 Å². The first kappa shape index (κ1) is 13.5. The topological polar surface area (TPSA) is 55.9 Å². The van der Waals surface area contributed by atoms with E-state index in [1.165, 1.54) is 6.42 Å². The van der Waals surface area contributed by atoms with E-state index < -0.39 is 0 Å². The van der Waals surface area contributed by atoms with Gasteiger partial charge in [0, 0.05) is 24.5 Å². The quantitative estimate of drug-likeness (QED) is 0.913. The zero-order valence-electron chi connectivity index (χ0n) is 11.3. The van der Waals surface area contributed by atoms with E-state index in [2.05, 4.69) is 10.4 Å². The maximum Gasteiger partial charge on any atom is 0.106 e. The van der Waals surface area contributed by atoms with Crippen LogP contribution in [0.4, 0.5) is 5.69 Å². The third kappa shape index (κ3) is 2.81. The van der Waals surface area contributed by atoms with Gasteiger partial charge >= 0.3 is 0 Å².